The lowest BCUT2D eigenvalue weighted by molar-refractivity contribution is -0.134. The number of rotatable bonds is 18. The van der Waals surface area contributed by atoms with Gasteiger partial charge in [0.1, 0.15) is 17.8 Å². The molecule has 0 N–H and O–H groups in total. The molecule has 190 valence electrons. The van der Waals surface area contributed by atoms with Crippen molar-refractivity contribution in [2.75, 3.05) is 0 Å². The van der Waals surface area contributed by atoms with Crippen LogP contribution in [-0.2, 0) is 4.79 Å². The van der Waals surface area contributed by atoms with E-state index in [9.17, 15) is 14.4 Å². The third-order valence-corrected chi connectivity index (χ3v) is 6.03. The Morgan fingerprint density at radius 2 is 1.09 bits per heavy atom. The van der Waals surface area contributed by atoms with Gasteiger partial charge in [-0.1, -0.05) is 84.0 Å². The van der Waals surface area contributed by atoms with Gasteiger partial charge in [0.15, 0.2) is 0 Å². The van der Waals surface area contributed by atoms with Gasteiger partial charge in [-0.2, -0.15) is 0 Å². The number of carbonyl (C=O) groups is 3. The average molecular weight is 481 g/mol. The van der Waals surface area contributed by atoms with Crippen molar-refractivity contribution in [2.24, 2.45) is 0 Å². The van der Waals surface area contributed by atoms with Crippen LogP contribution in [0.2, 0.25) is 0 Å². The predicted molar refractivity (Wildman–Crippen MR) is 139 cm³/mol. The zero-order valence-electron chi connectivity index (χ0n) is 21.1. The highest BCUT2D eigenvalue weighted by Gasteiger charge is 2.10. The molecule has 0 amide bonds. The van der Waals surface area contributed by atoms with Gasteiger partial charge in [-0.25, -0.2) is 4.79 Å². The lowest BCUT2D eigenvalue weighted by atomic mass is 10.0. The summed E-state index contributed by atoms with van der Waals surface area (Å²) in [6.07, 6.45) is 17.6. The van der Waals surface area contributed by atoms with Crippen LogP contribution in [0.5, 0.6) is 11.5 Å². The standard InChI is InChI=1S/C30H40O5/c1-2-3-4-5-6-7-8-9-10-11-12-13-14-15-29(32)34-27-22-18-26(19-23-27)30(33)35-28-20-16-25(24-31)17-21-28/h16-24H,2-15H2,1H3. The van der Waals surface area contributed by atoms with Crippen LogP contribution in [0.3, 0.4) is 0 Å². The van der Waals surface area contributed by atoms with Gasteiger partial charge >= 0.3 is 11.9 Å². The Labute approximate surface area is 210 Å². The smallest absolute Gasteiger partial charge is 0.343 e. The molecule has 0 unspecified atom stereocenters. The number of carbonyl (C=O) groups excluding carboxylic acids is 3. The summed E-state index contributed by atoms with van der Waals surface area (Å²) >= 11 is 0. The molecule has 0 fully saturated rings. The Balaban J connectivity index is 1.53. The first-order valence-corrected chi connectivity index (χ1v) is 13.2. The maximum Gasteiger partial charge on any atom is 0.343 e. The monoisotopic (exact) mass is 480 g/mol. The van der Waals surface area contributed by atoms with Crippen LogP contribution in [0.15, 0.2) is 48.5 Å². The number of esters is 2. The average Bonchev–Trinajstić information content (AvgIpc) is 2.87. The second kappa shape index (κ2) is 17.5. The molecule has 5 heteroatoms. The van der Waals surface area contributed by atoms with Crippen molar-refractivity contribution < 1.29 is 23.9 Å². The SMILES string of the molecule is CCCCCCCCCCCCCCCC(=O)Oc1ccc(C(=O)Oc2ccc(C=O)cc2)cc1. The van der Waals surface area contributed by atoms with Gasteiger partial charge in [0.05, 0.1) is 5.56 Å². The van der Waals surface area contributed by atoms with Gasteiger partial charge in [0.2, 0.25) is 0 Å². The van der Waals surface area contributed by atoms with Crippen molar-refractivity contribution in [3.63, 3.8) is 0 Å². The summed E-state index contributed by atoms with van der Waals surface area (Å²) in [6.45, 7) is 2.25. The van der Waals surface area contributed by atoms with Crippen LogP contribution < -0.4 is 9.47 Å². The lowest BCUT2D eigenvalue weighted by Crippen LogP contribution is -2.10. The van der Waals surface area contributed by atoms with E-state index in [0.717, 1.165) is 19.1 Å². The van der Waals surface area contributed by atoms with Crippen molar-refractivity contribution >= 4 is 18.2 Å². The van der Waals surface area contributed by atoms with Crippen LogP contribution in [-0.4, -0.2) is 18.2 Å². The van der Waals surface area contributed by atoms with Crippen LogP contribution in [0, 0.1) is 0 Å². The van der Waals surface area contributed by atoms with Gasteiger partial charge in [-0.3, -0.25) is 9.59 Å². The highest BCUT2D eigenvalue weighted by atomic mass is 16.5. The number of aldehydes is 1. The summed E-state index contributed by atoms with van der Waals surface area (Å²) in [5.74, 6) is -0.00198. The van der Waals surface area contributed by atoms with Gasteiger partial charge in [0.25, 0.3) is 0 Å². The Morgan fingerprint density at radius 3 is 1.60 bits per heavy atom. The van der Waals surface area contributed by atoms with Crippen LogP contribution >= 0.6 is 0 Å². The minimum Gasteiger partial charge on any atom is -0.427 e. The van der Waals surface area contributed by atoms with Crippen molar-refractivity contribution in [3.8, 4) is 11.5 Å². The normalized spacial score (nSPS) is 10.7. The number of hydrogen-bond donors (Lipinski definition) is 0. The second-order valence-corrected chi connectivity index (χ2v) is 9.07. The fourth-order valence-electron chi connectivity index (χ4n) is 3.91. The Morgan fingerprint density at radius 1 is 0.629 bits per heavy atom. The molecule has 0 aliphatic rings. The first-order chi connectivity index (χ1) is 17.1. The zero-order chi connectivity index (χ0) is 25.1. The lowest BCUT2D eigenvalue weighted by Gasteiger charge is -2.07. The first-order valence-electron chi connectivity index (χ1n) is 13.2. The van der Waals surface area contributed by atoms with Crippen molar-refractivity contribution in [2.45, 2.75) is 96.8 Å². The zero-order valence-corrected chi connectivity index (χ0v) is 21.1. The maximum absolute atomic E-state index is 12.3. The topological polar surface area (TPSA) is 69.7 Å². The van der Waals surface area contributed by atoms with Crippen molar-refractivity contribution in [1.82, 2.24) is 0 Å². The summed E-state index contributed by atoms with van der Waals surface area (Å²) in [5, 5.41) is 0. The summed E-state index contributed by atoms with van der Waals surface area (Å²) < 4.78 is 10.7. The van der Waals surface area contributed by atoms with Crippen LogP contribution in [0.4, 0.5) is 0 Å². The first kappa shape index (κ1) is 28.3. The van der Waals surface area contributed by atoms with E-state index in [4.69, 9.17) is 9.47 Å². The summed E-state index contributed by atoms with van der Waals surface area (Å²) in [4.78, 5) is 35.0. The van der Waals surface area contributed by atoms with Gasteiger partial charge in [-0.15, -0.1) is 0 Å². The fraction of sp³-hybridized carbons (Fsp3) is 0.500. The summed E-state index contributed by atoms with van der Waals surface area (Å²) in [5.41, 5.74) is 0.857. The molecule has 0 heterocycles. The Kier molecular flexibility index (Phi) is 14.1. The van der Waals surface area contributed by atoms with Crippen molar-refractivity contribution in [1.29, 1.82) is 0 Å². The molecule has 35 heavy (non-hydrogen) atoms. The molecule has 2 aromatic rings. The number of ether oxygens (including phenoxy) is 2. The highest BCUT2D eigenvalue weighted by Crippen LogP contribution is 2.18. The van der Waals surface area contributed by atoms with E-state index in [0.29, 0.717) is 29.0 Å². The van der Waals surface area contributed by atoms with Crippen molar-refractivity contribution in [3.05, 3.63) is 59.7 Å². The number of unbranched alkanes of at least 4 members (excludes halogenated alkanes) is 12. The van der Waals surface area contributed by atoms with Gasteiger partial charge in [0, 0.05) is 12.0 Å². The molecule has 0 aromatic heterocycles. The van der Waals surface area contributed by atoms with E-state index >= 15 is 0 Å². The minimum atomic E-state index is -0.520. The summed E-state index contributed by atoms with van der Waals surface area (Å²) in [7, 11) is 0. The van der Waals surface area contributed by atoms with E-state index < -0.39 is 5.97 Å². The quantitative estimate of drug-likeness (QED) is 0.0933. The van der Waals surface area contributed by atoms with E-state index in [1.165, 1.54) is 70.6 Å². The van der Waals surface area contributed by atoms with Crippen LogP contribution in [0.25, 0.3) is 0 Å². The molecule has 0 atom stereocenters. The molecule has 0 aliphatic heterocycles. The Bertz CT molecular complexity index is 871. The molecule has 0 saturated heterocycles. The van der Waals surface area contributed by atoms with E-state index in [1.54, 1.807) is 48.5 Å². The third kappa shape index (κ3) is 12.4. The molecule has 0 saturated carbocycles. The molecule has 0 bridgehead atoms. The predicted octanol–water partition coefficient (Wildman–Crippen LogP) is 8.11. The van der Waals surface area contributed by atoms with E-state index in [1.807, 2.05) is 0 Å². The maximum atomic E-state index is 12.3. The van der Waals surface area contributed by atoms with Gasteiger partial charge < -0.3 is 9.47 Å². The molecule has 0 radical (unpaired) electrons. The molecule has 0 aliphatic carbocycles. The molecule has 5 nitrogen and oxygen atoms in total. The molecular weight excluding hydrogens is 440 g/mol. The third-order valence-electron chi connectivity index (χ3n) is 6.03. The molecule has 0 spiro atoms. The molecular formula is C30H40O5. The fourth-order valence-corrected chi connectivity index (χ4v) is 3.91. The summed E-state index contributed by atoms with van der Waals surface area (Å²) in [6, 6.07) is 12.6. The Hall–Kier alpha value is -2.95. The highest BCUT2D eigenvalue weighted by molar-refractivity contribution is 5.91. The minimum absolute atomic E-state index is 0.251. The second-order valence-electron chi connectivity index (χ2n) is 9.07. The van der Waals surface area contributed by atoms with E-state index in [2.05, 4.69) is 6.92 Å². The molecule has 2 aromatic carbocycles. The largest absolute Gasteiger partial charge is 0.427 e. The number of hydrogen-bond acceptors (Lipinski definition) is 5. The van der Waals surface area contributed by atoms with Crippen LogP contribution in [0.1, 0.15) is 118 Å². The van der Waals surface area contributed by atoms with E-state index in [-0.39, 0.29) is 5.97 Å². The molecule has 2 rings (SSSR count). The number of benzene rings is 2. The van der Waals surface area contributed by atoms with Gasteiger partial charge in [-0.05, 0) is 55.0 Å².